The van der Waals surface area contributed by atoms with Crippen molar-refractivity contribution in [1.82, 2.24) is 10.2 Å². The second-order valence-corrected chi connectivity index (χ2v) is 2.50. The lowest BCUT2D eigenvalue weighted by molar-refractivity contribution is -0.0825. The van der Waals surface area contributed by atoms with Gasteiger partial charge in [-0.25, -0.2) is 0 Å². The van der Waals surface area contributed by atoms with Gasteiger partial charge in [0.2, 0.25) is 0 Å². The highest BCUT2D eigenvalue weighted by atomic mass is 19.3. The highest BCUT2D eigenvalue weighted by molar-refractivity contribution is 4.75. The van der Waals surface area contributed by atoms with Gasteiger partial charge >= 0.3 is 6.05 Å². The molecule has 2 nitrogen and oxygen atoms in total. The molecule has 4 heteroatoms. The Balaban J connectivity index is 2.40. The van der Waals surface area contributed by atoms with Crippen LogP contribution < -0.4 is 5.32 Å². The largest absolute Gasteiger partial charge is 0.315 e. The highest BCUT2D eigenvalue weighted by Gasteiger charge is 2.33. The number of piperazine rings is 1. The first-order valence-corrected chi connectivity index (χ1v) is 3.49. The molecule has 0 amide bonds. The van der Waals surface area contributed by atoms with Crippen LogP contribution in [0.1, 0.15) is 6.92 Å². The van der Waals surface area contributed by atoms with Gasteiger partial charge in [-0.15, -0.1) is 0 Å². The molecule has 0 unspecified atom stereocenters. The first kappa shape index (κ1) is 7.88. The van der Waals surface area contributed by atoms with Crippen LogP contribution in [-0.4, -0.2) is 37.1 Å². The van der Waals surface area contributed by atoms with Crippen LogP contribution >= 0.6 is 0 Å². The third-order valence-corrected chi connectivity index (χ3v) is 1.68. The number of alkyl halides is 2. The van der Waals surface area contributed by atoms with Crippen molar-refractivity contribution in [2.24, 2.45) is 0 Å². The quantitative estimate of drug-likeness (QED) is 0.548. The molecule has 0 radical (unpaired) electrons. The molecule has 60 valence electrons. The molecule has 0 bridgehead atoms. The van der Waals surface area contributed by atoms with E-state index in [9.17, 15) is 8.78 Å². The zero-order chi connectivity index (χ0) is 7.61. The number of nitrogens with one attached hydrogen (secondary N) is 1. The van der Waals surface area contributed by atoms with Crippen LogP contribution in [0.4, 0.5) is 8.78 Å². The van der Waals surface area contributed by atoms with E-state index in [0.717, 1.165) is 6.54 Å². The van der Waals surface area contributed by atoms with E-state index in [1.807, 2.05) is 6.92 Å². The molecule has 0 aliphatic carbocycles. The summed E-state index contributed by atoms with van der Waals surface area (Å²) in [6.07, 6.45) is 0. The van der Waals surface area contributed by atoms with Gasteiger partial charge in [-0.1, -0.05) is 6.92 Å². The topological polar surface area (TPSA) is 15.3 Å². The maximum atomic E-state index is 12.5. The Bertz CT molecular complexity index is 116. The molecule has 0 saturated carbocycles. The first-order chi connectivity index (χ1) is 4.64. The zero-order valence-electron chi connectivity index (χ0n) is 6.03. The van der Waals surface area contributed by atoms with Crippen molar-refractivity contribution in [3.8, 4) is 0 Å². The molecular formula is C6H12F2N2. The number of hydrogen-bond acceptors (Lipinski definition) is 2. The molecule has 0 atom stereocenters. The molecule has 1 rings (SSSR count). The average molecular weight is 150 g/mol. The van der Waals surface area contributed by atoms with E-state index in [2.05, 4.69) is 5.32 Å². The third-order valence-electron chi connectivity index (χ3n) is 1.68. The fraction of sp³-hybridized carbons (Fsp3) is 1.00. The molecule has 1 heterocycles. The standard InChI is InChI=1S/C6H12F2N2/c1-2-10-4-3-9-6(7,8)5-10/h9H,2-5H2,1H3. The second kappa shape index (κ2) is 2.80. The number of nitrogens with zero attached hydrogens (tertiary/aromatic N) is 1. The van der Waals surface area contributed by atoms with E-state index in [1.165, 1.54) is 0 Å². The lowest BCUT2D eigenvalue weighted by Gasteiger charge is -2.32. The van der Waals surface area contributed by atoms with Gasteiger partial charge in [-0.3, -0.25) is 10.2 Å². The summed E-state index contributed by atoms with van der Waals surface area (Å²) in [5, 5.41) is 2.15. The van der Waals surface area contributed by atoms with E-state index in [-0.39, 0.29) is 6.54 Å². The van der Waals surface area contributed by atoms with Crippen LogP contribution in [0.25, 0.3) is 0 Å². The molecule has 1 saturated heterocycles. The fourth-order valence-electron chi connectivity index (χ4n) is 1.08. The third kappa shape index (κ3) is 1.88. The van der Waals surface area contributed by atoms with E-state index in [1.54, 1.807) is 4.90 Å². The molecule has 0 aromatic heterocycles. The summed E-state index contributed by atoms with van der Waals surface area (Å²) in [4.78, 5) is 1.73. The van der Waals surface area contributed by atoms with Crippen molar-refractivity contribution in [3.05, 3.63) is 0 Å². The first-order valence-electron chi connectivity index (χ1n) is 3.49. The maximum Gasteiger partial charge on any atom is 0.315 e. The highest BCUT2D eigenvalue weighted by Crippen LogP contribution is 2.13. The van der Waals surface area contributed by atoms with Gasteiger partial charge in [0, 0.05) is 13.1 Å². The number of halogens is 2. The molecule has 1 fully saturated rings. The SMILES string of the molecule is CCN1CCNC(F)(F)C1. The van der Waals surface area contributed by atoms with Gasteiger partial charge in [-0.05, 0) is 6.54 Å². The van der Waals surface area contributed by atoms with Crippen LogP contribution in [-0.2, 0) is 0 Å². The summed E-state index contributed by atoms with van der Waals surface area (Å²) >= 11 is 0. The fourth-order valence-corrected chi connectivity index (χ4v) is 1.08. The van der Waals surface area contributed by atoms with Crippen molar-refractivity contribution < 1.29 is 8.78 Å². The van der Waals surface area contributed by atoms with Gasteiger partial charge in [0.05, 0.1) is 6.54 Å². The summed E-state index contributed by atoms with van der Waals surface area (Å²) in [5.74, 6) is 0. The van der Waals surface area contributed by atoms with Gasteiger partial charge in [0.1, 0.15) is 0 Å². The Morgan fingerprint density at radius 3 is 2.70 bits per heavy atom. The summed E-state index contributed by atoms with van der Waals surface area (Å²) in [6, 6.07) is -2.67. The average Bonchev–Trinajstić information content (AvgIpc) is 1.86. The van der Waals surface area contributed by atoms with Crippen molar-refractivity contribution in [2.75, 3.05) is 26.2 Å². The molecule has 1 aliphatic heterocycles. The molecule has 0 aromatic carbocycles. The number of likely N-dealkylation sites (N-methyl/N-ethyl adjacent to an activating group) is 1. The summed E-state index contributed by atoms with van der Waals surface area (Å²) in [6.45, 7) is 3.56. The lowest BCUT2D eigenvalue weighted by Crippen LogP contribution is -2.55. The van der Waals surface area contributed by atoms with Crippen molar-refractivity contribution in [1.29, 1.82) is 0 Å². The van der Waals surface area contributed by atoms with Crippen LogP contribution in [0, 0.1) is 0 Å². The zero-order valence-corrected chi connectivity index (χ0v) is 6.03. The van der Waals surface area contributed by atoms with E-state index in [4.69, 9.17) is 0 Å². The Labute approximate surface area is 59.2 Å². The minimum atomic E-state index is -2.67. The van der Waals surface area contributed by atoms with Gasteiger partial charge in [0.25, 0.3) is 0 Å². The van der Waals surface area contributed by atoms with Crippen LogP contribution in [0.2, 0.25) is 0 Å². The van der Waals surface area contributed by atoms with Crippen LogP contribution in [0.15, 0.2) is 0 Å². The Hall–Kier alpha value is -0.220. The minimum Gasteiger partial charge on any atom is -0.295 e. The normalized spacial score (nSPS) is 26.7. The van der Waals surface area contributed by atoms with E-state index >= 15 is 0 Å². The molecule has 1 aliphatic rings. The summed E-state index contributed by atoms with van der Waals surface area (Å²) in [5.41, 5.74) is 0. The van der Waals surface area contributed by atoms with Crippen LogP contribution in [0.3, 0.4) is 0 Å². The molecule has 0 aromatic rings. The number of hydrogen-bond donors (Lipinski definition) is 1. The van der Waals surface area contributed by atoms with Crippen molar-refractivity contribution >= 4 is 0 Å². The number of rotatable bonds is 1. The predicted molar refractivity (Wildman–Crippen MR) is 35.1 cm³/mol. The van der Waals surface area contributed by atoms with Crippen LogP contribution in [0.5, 0.6) is 0 Å². The van der Waals surface area contributed by atoms with Gasteiger partial charge in [-0.2, -0.15) is 8.78 Å². The minimum absolute atomic E-state index is 0.149. The van der Waals surface area contributed by atoms with E-state index < -0.39 is 6.05 Å². The molecule has 0 spiro atoms. The van der Waals surface area contributed by atoms with Gasteiger partial charge < -0.3 is 0 Å². The molecular weight excluding hydrogens is 138 g/mol. The summed E-state index contributed by atoms with van der Waals surface area (Å²) < 4.78 is 25.0. The maximum absolute atomic E-state index is 12.5. The van der Waals surface area contributed by atoms with E-state index in [0.29, 0.717) is 13.1 Å². The molecule has 10 heavy (non-hydrogen) atoms. The Morgan fingerprint density at radius 2 is 2.30 bits per heavy atom. The van der Waals surface area contributed by atoms with Crippen molar-refractivity contribution in [3.63, 3.8) is 0 Å². The lowest BCUT2D eigenvalue weighted by atomic mass is 10.3. The summed E-state index contributed by atoms with van der Waals surface area (Å²) in [7, 11) is 0. The van der Waals surface area contributed by atoms with Gasteiger partial charge in [0.15, 0.2) is 0 Å². The van der Waals surface area contributed by atoms with Crippen molar-refractivity contribution in [2.45, 2.75) is 13.0 Å². The monoisotopic (exact) mass is 150 g/mol. The smallest absolute Gasteiger partial charge is 0.295 e. The molecule has 1 N–H and O–H groups in total. The Morgan fingerprint density at radius 1 is 1.60 bits per heavy atom. The second-order valence-electron chi connectivity index (χ2n) is 2.50. The Kier molecular flexibility index (Phi) is 2.21. The predicted octanol–water partition coefficient (Wildman–Crippen LogP) is 0.504.